The topological polar surface area (TPSA) is 86.7 Å². The molecular weight excluding hydrogens is 292 g/mol. The largest absolute Gasteiger partial charge is 0.480 e. The molecule has 3 atom stereocenters. The second-order valence-corrected chi connectivity index (χ2v) is 8.66. The van der Waals surface area contributed by atoms with Gasteiger partial charge in [-0.25, -0.2) is 8.42 Å². The maximum Gasteiger partial charge on any atom is 0.323 e. The zero-order chi connectivity index (χ0) is 15.7. The minimum Gasteiger partial charge on any atom is -0.480 e. The van der Waals surface area contributed by atoms with Gasteiger partial charge in [-0.3, -0.25) is 9.69 Å². The molecule has 1 aliphatic carbocycles. The van der Waals surface area contributed by atoms with Gasteiger partial charge >= 0.3 is 5.97 Å². The molecular formula is C14H26N2O4S. The van der Waals surface area contributed by atoms with E-state index in [2.05, 4.69) is 10.2 Å². The molecule has 1 heterocycles. The molecule has 1 aliphatic heterocycles. The van der Waals surface area contributed by atoms with Gasteiger partial charge < -0.3 is 10.4 Å². The van der Waals surface area contributed by atoms with E-state index in [-0.39, 0.29) is 23.6 Å². The Labute approximate surface area is 126 Å². The van der Waals surface area contributed by atoms with Gasteiger partial charge in [0.1, 0.15) is 5.54 Å². The molecule has 0 radical (unpaired) electrons. The van der Waals surface area contributed by atoms with Crippen LogP contribution in [-0.2, 0) is 14.6 Å². The Hall–Kier alpha value is -0.660. The van der Waals surface area contributed by atoms with E-state index in [4.69, 9.17) is 0 Å². The second kappa shape index (κ2) is 6.22. The number of sulfone groups is 1. The Morgan fingerprint density at radius 2 is 2.10 bits per heavy atom. The van der Waals surface area contributed by atoms with Crippen molar-refractivity contribution in [3.05, 3.63) is 0 Å². The van der Waals surface area contributed by atoms with E-state index < -0.39 is 21.3 Å². The summed E-state index contributed by atoms with van der Waals surface area (Å²) in [6.07, 6.45) is 3.52. The quantitative estimate of drug-likeness (QED) is 0.741. The van der Waals surface area contributed by atoms with Gasteiger partial charge in [-0.05, 0) is 45.7 Å². The van der Waals surface area contributed by atoms with Gasteiger partial charge in [0.15, 0.2) is 9.84 Å². The zero-order valence-electron chi connectivity index (χ0n) is 12.8. The van der Waals surface area contributed by atoms with E-state index in [0.717, 1.165) is 12.8 Å². The van der Waals surface area contributed by atoms with Gasteiger partial charge in [-0.1, -0.05) is 6.92 Å². The lowest BCUT2D eigenvalue weighted by atomic mass is 9.97. The maximum atomic E-state index is 11.6. The number of hydrogen-bond acceptors (Lipinski definition) is 5. The third-order valence-electron chi connectivity index (χ3n) is 4.97. The number of hydrogen-bond donors (Lipinski definition) is 2. The Morgan fingerprint density at radius 1 is 1.38 bits per heavy atom. The minimum atomic E-state index is -2.90. The molecule has 0 amide bonds. The number of nitrogens with one attached hydrogen (secondary N) is 1. The fourth-order valence-electron chi connectivity index (χ4n) is 3.56. The summed E-state index contributed by atoms with van der Waals surface area (Å²) in [4.78, 5) is 13.7. The first kappa shape index (κ1) is 16.7. The van der Waals surface area contributed by atoms with Crippen molar-refractivity contribution in [1.82, 2.24) is 10.2 Å². The van der Waals surface area contributed by atoms with E-state index in [0.29, 0.717) is 25.8 Å². The maximum absolute atomic E-state index is 11.6. The number of aliphatic carboxylic acids is 1. The van der Waals surface area contributed by atoms with Crippen molar-refractivity contribution in [2.45, 2.75) is 56.7 Å². The van der Waals surface area contributed by atoms with E-state index in [1.54, 1.807) is 0 Å². The summed E-state index contributed by atoms with van der Waals surface area (Å²) in [5, 5.41) is 12.8. The van der Waals surface area contributed by atoms with Gasteiger partial charge in [-0.15, -0.1) is 0 Å². The zero-order valence-corrected chi connectivity index (χ0v) is 13.7. The number of carboxylic acids is 1. The molecule has 3 unspecified atom stereocenters. The molecule has 0 bridgehead atoms. The fourth-order valence-corrected chi connectivity index (χ4v) is 5.34. The van der Waals surface area contributed by atoms with Gasteiger partial charge in [0.25, 0.3) is 0 Å². The lowest BCUT2D eigenvalue weighted by Gasteiger charge is -2.32. The molecule has 7 heteroatoms. The van der Waals surface area contributed by atoms with Crippen LogP contribution in [0, 0.1) is 0 Å². The summed E-state index contributed by atoms with van der Waals surface area (Å²) < 4.78 is 23.2. The van der Waals surface area contributed by atoms with Crippen molar-refractivity contribution in [2.75, 3.05) is 25.1 Å². The van der Waals surface area contributed by atoms with Crippen LogP contribution in [0.1, 0.15) is 39.0 Å². The van der Waals surface area contributed by atoms with E-state index in [9.17, 15) is 18.3 Å². The molecule has 0 aromatic heterocycles. The lowest BCUT2D eigenvalue weighted by molar-refractivity contribution is -0.144. The van der Waals surface area contributed by atoms with Crippen LogP contribution in [0.5, 0.6) is 0 Å². The molecule has 2 aliphatic rings. The van der Waals surface area contributed by atoms with Crippen LogP contribution >= 0.6 is 0 Å². The predicted molar refractivity (Wildman–Crippen MR) is 81.1 cm³/mol. The van der Waals surface area contributed by atoms with E-state index in [1.807, 2.05) is 14.0 Å². The Kier molecular flexibility index (Phi) is 4.95. The monoisotopic (exact) mass is 318 g/mol. The molecule has 122 valence electrons. The van der Waals surface area contributed by atoms with Crippen molar-refractivity contribution in [3.63, 3.8) is 0 Å². The molecule has 1 saturated carbocycles. The molecule has 2 rings (SSSR count). The summed E-state index contributed by atoms with van der Waals surface area (Å²) in [6.45, 7) is 2.71. The molecule has 0 aromatic rings. The van der Waals surface area contributed by atoms with Gasteiger partial charge in [0.05, 0.1) is 11.5 Å². The smallest absolute Gasteiger partial charge is 0.323 e. The van der Waals surface area contributed by atoms with Crippen LogP contribution in [-0.4, -0.2) is 67.1 Å². The summed E-state index contributed by atoms with van der Waals surface area (Å²) in [5.74, 6) is -0.319. The standard InChI is InChI=1S/C14H26N2O4S/c1-3-7-15-14(13(17)18)6-4-11(9-14)16(2)12-5-8-21(19,20)10-12/h11-12,15H,3-10H2,1-2H3,(H,17,18). The van der Waals surface area contributed by atoms with Crippen LogP contribution in [0.25, 0.3) is 0 Å². The van der Waals surface area contributed by atoms with Crippen molar-refractivity contribution in [1.29, 1.82) is 0 Å². The van der Waals surface area contributed by atoms with Crippen molar-refractivity contribution >= 4 is 15.8 Å². The number of carbonyl (C=O) groups is 1. The average molecular weight is 318 g/mol. The fraction of sp³-hybridized carbons (Fsp3) is 0.929. The third kappa shape index (κ3) is 3.57. The van der Waals surface area contributed by atoms with Crippen LogP contribution in [0.3, 0.4) is 0 Å². The molecule has 1 saturated heterocycles. The Balaban J connectivity index is 2.01. The van der Waals surface area contributed by atoms with Crippen LogP contribution < -0.4 is 5.32 Å². The predicted octanol–water partition coefficient (Wildman–Crippen LogP) is 0.481. The van der Waals surface area contributed by atoms with Crippen LogP contribution in [0.4, 0.5) is 0 Å². The van der Waals surface area contributed by atoms with E-state index >= 15 is 0 Å². The van der Waals surface area contributed by atoms with Crippen LogP contribution in [0.2, 0.25) is 0 Å². The Bertz CT molecular complexity index is 493. The molecule has 21 heavy (non-hydrogen) atoms. The molecule has 2 N–H and O–H groups in total. The summed E-state index contributed by atoms with van der Waals surface area (Å²) >= 11 is 0. The molecule has 0 spiro atoms. The van der Waals surface area contributed by atoms with E-state index in [1.165, 1.54) is 0 Å². The summed E-state index contributed by atoms with van der Waals surface area (Å²) in [5.41, 5.74) is -0.841. The third-order valence-corrected chi connectivity index (χ3v) is 6.72. The van der Waals surface area contributed by atoms with Gasteiger partial charge in [0.2, 0.25) is 0 Å². The van der Waals surface area contributed by atoms with Gasteiger partial charge in [0, 0.05) is 12.1 Å². The highest BCUT2D eigenvalue weighted by atomic mass is 32.2. The molecule has 6 nitrogen and oxygen atoms in total. The minimum absolute atomic E-state index is 0.0378. The number of rotatable bonds is 6. The first-order valence-electron chi connectivity index (χ1n) is 7.70. The SMILES string of the molecule is CCCNC1(C(=O)O)CCC(N(C)C2CCS(=O)(=O)C2)C1. The van der Waals surface area contributed by atoms with Crippen molar-refractivity contribution in [3.8, 4) is 0 Å². The Morgan fingerprint density at radius 3 is 2.62 bits per heavy atom. The number of carboxylic acid groups (broad SMARTS) is 1. The van der Waals surface area contributed by atoms with Crippen molar-refractivity contribution in [2.24, 2.45) is 0 Å². The molecule has 0 aromatic carbocycles. The summed E-state index contributed by atoms with van der Waals surface area (Å²) in [6, 6.07) is 0.180. The number of nitrogens with zero attached hydrogens (tertiary/aromatic N) is 1. The lowest BCUT2D eigenvalue weighted by Crippen LogP contribution is -2.52. The highest BCUT2D eigenvalue weighted by Crippen LogP contribution is 2.35. The first-order chi connectivity index (χ1) is 9.80. The van der Waals surface area contributed by atoms with Crippen LogP contribution in [0.15, 0.2) is 0 Å². The highest BCUT2D eigenvalue weighted by molar-refractivity contribution is 7.91. The van der Waals surface area contributed by atoms with Gasteiger partial charge in [-0.2, -0.15) is 0 Å². The normalized spacial score (nSPS) is 35.4. The second-order valence-electron chi connectivity index (χ2n) is 6.43. The highest BCUT2D eigenvalue weighted by Gasteiger charge is 2.47. The summed E-state index contributed by atoms with van der Waals surface area (Å²) in [7, 11) is -0.964. The average Bonchev–Trinajstić information content (AvgIpc) is 3.00. The molecule has 2 fully saturated rings. The first-order valence-corrected chi connectivity index (χ1v) is 9.52. The van der Waals surface area contributed by atoms with Crippen molar-refractivity contribution < 1.29 is 18.3 Å².